The standard InChI is InChI=1S/C74H114N16O13/c1-7-8-21-55(86-45(4)91)68(100)85-44(3)67(99)87-56(70(102)90-59(35-46-18-10-9-11-19-46)71(103)88-57(24-16-32-81-72(76)77)69(101)89-58(66(75)98)36-47-40-82-54-22-13-12-20-50(47)54)23-14-15-31-79-63(96)41-83-84-42-64(97)80-34-17-33-78-62(95)28-25-43(2)51-26-27-52-65-53(39-61(94)74(51,52)6)73(5)30-29-49(92)37-48(73)38-60(65)93/h9-13,18-20,22,40,42-44,48-49,51-53,55-61,65,82-83,92-94H,7-8,14-17,21,23-39,41H2,1-6H3,(H2,75,98)(H,78,95)(H,79,96)(H,80,97)(H,85,100)(H,86,91)(H,87,99)(H,88,103)(H,89,101)(H,90,102)(H4,76,77,81)/b84-42+/t43-,44+,48+,49-,51-,52+,53+,55+,56+,57+,58+,59-,60-,61+,65+,73+,74-/m1/s1. The summed E-state index contributed by atoms with van der Waals surface area (Å²) >= 11 is 0. The van der Waals surface area contributed by atoms with Gasteiger partial charge in [0.15, 0.2) is 5.96 Å². The van der Waals surface area contributed by atoms with E-state index in [9.17, 15) is 63.3 Å². The van der Waals surface area contributed by atoms with Crippen LogP contribution in [0.15, 0.2) is 70.9 Å². The van der Waals surface area contributed by atoms with Crippen LogP contribution in [0.2, 0.25) is 0 Å². The quantitative estimate of drug-likeness (QED) is 0.0166. The zero-order valence-corrected chi connectivity index (χ0v) is 60.7. The average Bonchev–Trinajstić information content (AvgIpc) is 1.68. The Labute approximate surface area is 604 Å². The van der Waals surface area contributed by atoms with Crippen molar-refractivity contribution in [3.05, 3.63) is 71.9 Å². The molecule has 0 radical (unpaired) electrons. The van der Waals surface area contributed by atoms with E-state index in [2.05, 4.69) is 89.1 Å². The molecule has 2 aromatic carbocycles. The van der Waals surface area contributed by atoms with Crippen molar-refractivity contribution < 1.29 is 63.3 Å². The van der Waals surface area contributed by atoms with Crippen LogP contribution in [0, 0.1) is 46.3 Å². The Kier molecular flexibility index (Phi) is 31.1. The van der Waals surface area contributed by atoms with Crippen LogP contribution in [-0.4, -0.2) is 179 Å². The average molecular weight is 1440 g/mol. The molecule has 4 aliphatic rings. The molecule has 3 aromatic rings. The number of carbonyl (C=O) groups is 10. The highest BCUT2D eigenvalue weighted by Gasteiger charge is 2.66. The van der Waals surface area contributed by atoms with Gasteiger partial charge in [0.2, 0.25) is 53.2 Å². The number of hydrogen-bond donors (Lipinski definition) is 17. The van der Waals surface area contributed by atoms with Crippen LogP contribution in [0.25, 0.3) is 10.9 Å². The number of benzene rings is 2. The smallest absolute Gasteiger partial charge is 0.264 e. The molecule has 568 valence electrons. The number of carbonyl (C=O) groups excluding carboxylic acids is 10. The lowest BCUT2D eigenvalue weighted by Gasteiger charge is -2.63. The summed E-state index contributed by atoms with van der Waals surface area (Å²) in [6.07, 6.45) is 10.8. The first-order chi connectivity index (χ1) is 49.1. The molecule has 20 N–H and O–H groups in total. The fourth-order valence-corrected chi connectivity index (χ4v) is 16.6. The first-order valence-electron chi connectivity index (χ1n) is 37.0. The highest BCUT2D eigenvalue weighted by atomic mass is 16.3. The largest absolute Gasteiger partial charge is 0.393 e. The minimum Gasteiger partial charge on any atom is -0.393 e. The molecule has 0 saturated heterocycles. The van der Waals surface area contributed by atoms with Crippen LogP contribution in [-0.2, 0) is 60.8 Å². The molecule has 4 fully saturated rings. The Hall–Kier alpha value is -8.70. The normalized spacial score (nSPS) is 24.7. The number of aromatic nitrogens is 1. The van der Waals surface area contributed by atoms with Crippen LogP contribution in [0.5, 0.6) is 0 Å². The molecule has 103 heavy (non-hydrogen) atoms. The van der Waals surface area contributed by atoms with Crippen LogP contribution < -0.4 is 70.5 Å². The SMILES string of the molecule is CCCC[C@H](NC(C)=O)C(=O)N[C@@H](C)C(=O)N[C@@H](CCCCNC(=O)CN/N=C/C(=O)NCCCNC(=O)CC[C@@H](C)[C@H]1CC[C@H]2[C@@H]3[C@H](O)C[C@@H]4C[C@H](O)CC[C@]4(C)[C@H]3C[C@H](O)[C@]12C)C(=O)N[C@H](Cc1ccccc1)C(=O)N[C@@H](CCCN=C(N)N)C(=O)N[C@@H](Cc1c[nH]c2ccccc12)C(N)=O. The molecule has 1 heterocycles. The number of unbranched alkanes of at least 4 members (excludes halogenated alkanes) is 2. The molecule has 10 amide bonds. The lowest BCUT2D eigenvalue weighted by atomic mass is 9.43. The monoisotopic (exact) mass is 1430 g/mol. The minimum absolute atomic E-state index is 0.00270. The van der Waals surface area contributed by atoms with Gasteiger partial charge in [0.1, 0.15) is 49.0 Å². The van der Waals surface area contributed by atoms with E-state index in [1.54, 1.807) is 36.5 Å². The number of aliphatic hydroxyl groups is 3. The van der Waals surface area contributed by atoms with Gasteiger partial charge in [-0.25, -0.2) is 0 Å². The molecule has 7 rings (SSSR count). The van der Waals surface area contributed by atoms with E-state index in [1.807, 2.05) is 31.2 Å². The van der Waals surface area contributed by atoms with Gasteiger partial charge in [0, 0.05) is 69.5 Å². The van der Waals surface area contributed by atoms with Crippen molar-refractivity contribution in [2.75, 3.05) is 32.7 Å². The number of H-pyrrole nitrogens is 1. The predicted molar refractivity (Wildman–Crippen MR) is 390 cm³/mol. The molecule has 29 heteroatoms. The van der Waals surface area contributed by atoms with E-state index in [-0.39, 0.29) is 129 Å². The van der Waals surface area contributed by atoms with E-state index < -0.39 is 102 Å². The van der Waals surface area contributed by atoms with Crippen molar-refractivity contribution in [2.24, 2.45) is 73.6 Å². The second kappa shape index (κ2) is 39.3. The number of primary amides is 1. The maximum atomic E-state index is 14.6. The lowest BCUT2D eigenvalue weighted by molar-refractivity contribution is -0.207. The Morgan fingerprint density at radius 1 is 0.641 bits per heavy atom. The number of rotatable bonds is 40. The Morgan fingerprint density at radius 2 is 1.26 bits per heavy atom. The number of aromatic amines is 1. The highest BCUT2D eigenvalue weighted by Crippen LogP contribution is 2.68. The number of guanidine groups is 1. The number of nitrogens with zero attached hydrogens (tertiary/aromatic N) is 2. The van der Waals surface area contributed by atoms with Crippen LogP contribution in [0.4, 0.5) is 0 Å². The number of hydrazone groups is 1. The number of aliphatic hydroxyl groups excluding tert-OH is 3. The van der Waals surface area contributed by atoms with Gasteiger partial charge in [-0.15, -0.1) is 0 Å². The van der Waals surface area contributed by atoms with Crippen molar-refractivity contribution in [1.82, 2.24) is 58.3 Å². The number of aliphatic imine (C=N–C) groups is 1. The van der Waals surface area contributed by atoms with E-state index in [4.69, 9.17) is 17.2 Å². The van der Waals surface area contributed by atoms with Gasteiger partial charge in [-0.3, -0.25) is 52.9 Å². The third kappa shape index (κ3) is 23.1. The fraction of sp³-hybridized carbons (Fsp3) is 0.649. The first-order valence-corrected chi connectivity index (χ1v) is 37.0. The summed E-state index contributed by atoms with van der Waals surface area (Å²) < 4.78 is 0. The second-order valence-electron chi connectivity index (χ2n) is 29.4. The van der Waals surface area contributed by atoms with Gasteiger partial charge in [-0.2, -0.15) is 5.10 Å². The van der Waals surface area contributed by atoms with Gasteiger partial charge >= 0.3 is 0 Å². The molecule has 0 unspecified atom stereocenters. The van der Waals surface area contributed by atoms with Crippen molar-refractivity contribution in [1.29, 1.82) is 0 Å². The van der Waals surface area contributed by atoms with Crippen molar-refractivity contribution in [3.8, 4) is 0 Å². The zero-order chi connectivity index (χ0) is 75.0. The molecule has 4 aliphatic carbocycles. The van der Waals surface area contributed by atoms with Crippen molar-refractivity contribution >= 4 is 82.1 Å². The summed E-state index contributed by atoms with van der Waals surface area (Å²) in [7, 11) is 0. The molecule has 0 bridgehead atoms. The number of para-hydroxylation sites is 1. The third-order valence-corrected chi connectivity index (χ3v) is 22.3. The van der Waals surface area contributed by atoms with Crippen LogP contribution in [0.1, 0.15) is 168 Å². The third-order valence-electron chi connectivity index (χ3n) is 22.3. The summed E-state index contributed by atoms with van der Waals surface area (Å²) in [5.41, 5.74) is 21.3. The van der Waals surface area contributed by atoms with Crippen LogP contribution >= 0.6 is 0 Å². The summed E-state index contributed by atoms with van der Waals surface area (Å²) in [4.78, 5) is 141. The van der Waals surface area contributed by atoms with Gasteiger partial charge in [-0.05, 0) is 167 Å². The van der Waals surface area contributed by atoms with Gasteiger partial charge in [0.05, 0.1) is 18.3 Å². The number of nitrogens with one attached hydrogen (secondary N) is 11. The summed E-state index contributed by atoms with van der Waals surface area (Å²) in [6.45, 7) is 11.8. The van der Waals surface area contributed by atoms with Gasteiger partial charge in [-0.1, -0.05) is 89.1 Å². The summed E-state index contributed by atoms with van der Waals surface area (Å²) in [5, 5.41) is 63.4. The molecule has 0 spiro atoms. The molecular weight excluding hydrogens is 1320 g/mol. The van der Waals surface area contributed by atoms with Gasteiger partial charge < -0.3 is 90.8 Å². The topological polar surface area (TPSA) is 470 Å². The van der Waals surface area contributed by atoms with E-state index in [0.717, 1.165) is 49.2 Å². The highest BCUT2D eigenvalue weighted by molar-refractivity contribution is 6.26. The molecule has 29 nitrogen and oxygen atoms in total. The molecule has 17 atom stereocenters. The second-order valence-corrected chi connectivity index (χ2v) is 29.4. The Morgan fingerprint density at radius 3 is 1.97 bits per heavy atom. The number of amides is 10. The number of hydrogen-bond acceptors (Lipinski definition) is 16. The van der Waals surface area contributed by atoms with E-state index >= 15 is 0 Å². The van der Waals surface area contributed by atoms with Crippen LogP contribution in [0.3, 0.4) is 0 Å². The van der Waals surface area contributed by atoms with E-state index in [0.29, 0.717) is 75.5 Å². The maximum absolute atomic E-state index is 14.6. The minimum atomic E-state index is -1.37. The zero-order valence-electron chi connectivity index (χ0n) is 60.7. The summed E-state index contributed by atoms with van der Waals surface area (Å²) in [6, 6.07) is 8.77. The maximum Gasteiger partial charge on any atom is 0.264 e. The lowest BCUT2D eigenvalue weighted by Crippen LogP contribution is -2.62. The van der Waals surface area contributed by atoms with Crippen molar-refractivity contribution in [2.45, 2.75) is 225 Å². The number of fused-ring (bicyclic) bond motifs is 6. The van der Waals surface area contributed by atoms with Crippen molar-refractivity contribution in [3.63, 3.8) is 0 Å². The fourth-order valence-electron chi connectivity index (χ4n) is 16.6. The Bertz CT molecular complexity index is 3420. The predicted octanol–water partition coefficient (Wildman–Crippen LogP) is 1.49. The molecule has 4 saturated carbocycles. The molecular formula is C74H114N16O13. The molecule has 0 aliphatic heterocycles. The van der Waals surface area contributed by atoms with E-state index in [1.165, 1.54) is 13.8 Å². The Balaban J connectivity index is 0.882. The number of nitrogens with two attached hydrogens (primary N) is 3. The first kappa shape index (κ1) is 81.6. The van der Waals surface area contributed by atoms with Gasteiger partial charge in [0.25, 0.3) is 5.91 Å². The summed E-state index contributed by atoms with van der Waals surface area (Å²) in [5.74, 6) is -5.08. The molecule has 1 aromatic heterocycles.